The highest BCUT2D eigenvalue weighted by Gasteiger charge is 2.07. The average Bonchev–Trinajstić information content (AvgIpc) is 2.46. The molecule has 3 nitrogen and oxygen atoms in total. The summed E-state index contributed by atoms with van der Waals surface area (Å²) in [7, 11) is 1.89. The molecule has 0 aliphatic rings. The molecule has 0 saturated carbocycles. The van der Waals surface area contributed by atoms with Crippen LogP contribution in [0.4, 0.5) is 17.1 Å². The summed E-state index contributed by atoms with van der Waals surface area (Å²) < 4.78 is 0. The molecule has 0 atom stereocenters. The van der Waals surface area contributed by atoms with Crippen molar-refractivity contribution in [2.75, 3.05) is 29.5 Å². The number of nitrogens with zero attached hydrogens (tertiary/aromatic N) is 1. The number of hydrogen-bond acceptors (Lipinski definition) is 3. The molecule has 2 rings (SSSR count). The van der Waals surface area contributed by atoms with Gasteiger partial charge in [-0.05, 0) is 30.7 Å². The summed E-state index contributed by atoms with van der Waals surface area (Å²) >= 11 is 0. The number of hydrogen-bond donors (Lipinski definition) is 2. The van der Waals surface area contributed by atoms with E-state index >= 15 is 0 Å². The smallest absolute Gasteiger partial charge is 0.0592 e. The second-order valence-electron chi connectivity index (χ2n) is 4.52. The Labute approximate surface area is 115 Å². The summed E-state index contributed by atoms with van der Waals surface area (Å²) in [4.78, 5) is 2.33. The third kappa shape index (κ3) is 3.19. The van der Waals surface area contributed by atoms with Gasteiger partial charge >= 0.3 is 0 Å². The summed E-state index contributed by atoms with van der Waals surface area (Å²) in [5.74, 6) is 0. The molecule has 0 saturated heterocycles. The van der Waals surface area contributed by atoms with Gasteiger partial charge in [0.2, 0.25) is 0 Å². The SMILES string of the molecule is CCN(Cc1ccccc1)c1ccc(N)c(NC)c1. The van der Waals surface area contributed by atoms with Crippen molar-refractivity contribution in [3.05, 3.63) is 54.1 Å². The van der Waals surface area contributed by atoms with E-state index in [1.54, 1.807) is 0 Å². The molecule has 19 heavy (non-hydrogen) atoms. The van der Waals surface area contributed by atoms with Crippen LogP contribution in [-0.4, -0.2) is 13.6 Å². The van der Waals surface area contributed by atoms with Crippen LogP contribution in [0.2, 0.25) is 0 Å². The molecule has 0 aromatic heterocycles. The number of benzene rings is 2. The van der Waals surface area contributed by atoms with Gasteiger partial charge < -0.3 is 16.0 Å². The molecule has 0 spiro atoms. The molecule has 100 valence electrons. The second-order valence-corrected chi connectivity index (χ2v) is 4.52. The Hall–Kier alpha value is -2.16. The van der Waals surface area contributed by atoms with Crippen molar-refractivity contribution in [2.45, 2.75) is 13.5 Å². The van der Waals surface area contributed by atoms with Gasteiger partial charge in [-0.2, -0.15) is 0 Å². The predicted molar refractivity (Wildman–Crippen MR) is 83.6 cm³/mol. The summed E-state index contributed by atoms with van der Waals surface area (Å²) in [6.45, 7) is 4.03. The van der Waals surface area contributed by atoms with Crippen LogP contribution in [-0.2, 0) is 6.54 Å². The van der Waals surface area contributed by atoms with E-state index in [1.807, 2.05) is 19.2 Å². The van der Waals surface area contributed by atoms with Gasteiger partial charge in [0.1, 0.15) is 0 Å². The quantitative estimate of drug-likeness (QED) is 0.805. The summed E-state index contributed by atoms with van der Waals surface area (Å²) in [5.41, 5.74) is 10.2. The molecule has 2 aromatic carbocycles. The van der Waals surface area contributed by atoms with Crippen LogP contribution in [0.15, 0.2) is 48.5 Å². The monoisotopic (exact) mass is 255 g/mol. The zero-order valence-corrected chi connectivity index (χ0v) is 11.6. The lowest BCUT2D eigenvalue weighted by Gasteiger charge is -2.24. The topological polar surface area (TPSA) is 41.3 Å². The fourth-order valence-electron chi connectivity index (χ4n) is 2.15. The summed E-state index contributed by atoms with van der Waals surface area (Å²) in [5, 5.41) is 3.13. The van der Waals surface area contributed by atoms with Gasteiger partial charge in [-0.15, -0.1) is 0 Å². The lowest BCUT2D eigenvalue weighted by Crippen LogP contribution is -2.22. The van der Waals surface area contributed by atoms with E-state index in [0.717, 1.165) is 24.5 Å². The van der Waals surface area contributed by atoms with Crippen molar-refractivity contribution in [1.82, 2.24) is 0 Å². The van der Waals surface area contributed by atoms with Crippen LogP contribution in [0, 0.1) is 0 Å². The van der Waals surface area contributed by atoms with Crippen molar-refractivity contribution in [2.24, 2.45) is 0 Å². The van der Waals surface area contributed by atoms with Crippen LogP contribution >= 0.6 is 0 Å². The van der Waals surface area contributed by atoms with Gasteiger partial charge in [-0.25, -0.2) is 0 Å². The number of rotatable bonds is 5. The van der Waals surface area contributed by atoms with Gasteiger partial charge in [0.25, 0.3) is 0 Å². The zero-order chi connectivity index (χ0) is 13.7. The maximum atomic E-state index is 5.91. The lowest BCUT2D eigenvalue weighted by atomic mass is 10.1. The Kier molecular flexibility index (Phi) is 4.29. The van der Waals surface area contributed by atoms with E-state index in [9.17, 15) is 0 Å². The van der Waals surface area contributed by atoms with E-state index in [1.165, 1.54) is 11.3 Å². The normalized spacial score (nSPS) is 10.2. The van der Waals surface area contributed by atoms with E-state index in [4.69, 9.17) is 5.73 Å². The van der Waals surface area contributed by atoms with Crippen molar-refractivity contribution >= 4 is 17.1 Å². The Morgan fingerprint density at radius 3 is 2.47 bits per heavy atom. The Balaban J connectivity index is 2.22. The highest BCUT2D eigenvalue weighted by Crippen LogP contribution is 2.26. The minimum Gasteiger partial charge on any atom is -0.397 e. The van der Waals surface area contributed by atoms with Crippen molar-refractivity contribution in [3.8, 4) is 0 Å². The van der Waals surface area contributed by atoms with Crippen molar-refractivity contribution < 1.29 is 0 Å². The average molecular weight is 255 g/mol. The second kappa shape index (κ2) is 6.14. The molecule has 0 unspecified atom stereocenters. The first-order chi connectivity index (χ1) is 9.24. The first-order valence-electron chi connectivity index (χ1n) is 6.60. The van der Waals surface area contributed by atoms with Crippen LogP contribution in [0.3, 0.4) is 0 Å². The molecule has 0 heterocycles. The van der Waals surface area contributed by atoms with Gasteiger partial charge in [0, 0.05) is 25.8 Å². The van der Waals surface area contributed by atoms with Crippen molar-refractivity contribution in [3.63, 3.8) is 0 Å². The maximum Gasteiger partial charge on any atom is 0.0592 e. The van der Waals surface area contributed by atoms with Crippen LogP contribution in [0.5, 0.6) is 0 Å². The number of nitrogen functional groups attached to an aromatic ring is 1. The maximum absolute atomic E-state index is 5.91. The number of nitrogens with two attached hydrogens (primary N) is 1. The van der Waals surface area contributed by atoms with E-state index in [0.29, 0.717) is 0 Å². The molecule has 0 fully saturated rings. The first-order valence-corrected chi connectivity index (χ1v) is 6.60. The third-order valence-corrected chi connectivity index (χ3v) is 3.27. The molecule has 3 N–H and O–H groups in total. The third-order valence-electron chi connectivity index (χ3n) is 3.27. The minimum atomic E-state index is 0.780. The molecule has 0 bridgehead atoms. The number of nitrogens with one attached hydrogen (secondary N) is 1. The Bertz CT molecular complexity index is 523. The molecule has 0 radical (unpaired) electrons. The van der Waals surface area contributed by atoms with E-state index in [-0.39, 0.29) is 0 Å². The molecule has 0 amide bonds. The minimum absolute atomic E-state index is 0.780. The standard InChI is InChI=1S/C16H21N3/c1-3-19(12-13-7-5-4-6-8-13)14-9-10-15(17)16(11-14)18-2/h4-11,18H,3,12,17H2,1-2H3. The molecule has 0 aliphatic heterocycles. The molecule has 2 aromatic rings. The number of anilines is 3. The van der Waals surface area contributed by atoms with Crippen LogP contribution in [0.1, 0.15) is 12.5 Å². The summed E-state index contributed by atoms with van der Waals surface area (Å²) in [6, 6.07) is 16.6. The zero-order valence-electron chi connectivity index (χ0n) is 11.6. The predicted octanol–water partition coefficient (Wildman–Crippen LogP) is 3.34. The van der Waals surface area contributed by atoms with Gasteiger partial charge in [0.05, 0.1) is 11.4 Å². The highest BCUT2D eigenvalue weighted by molar-refractivity contribution is 5.72. The first kappa shape index (κ1) is 13.3. The van der Waals surface area contributed by atoms with Crippen LogP contribution < -0.4 is 16.0 Å². The van der Waals surface area contributed by atoms with Gasteiger partial charge in [0.15, 0.2) is 0 Å². The molecule has 3 heteroatoms. The van der Waals surface area contributed by atoms with Gasteiger partial charge in [-0.1, -0.05) is 30.3 Å². The van der Waals surface area contributed by atoms with Gasteiger partial charge in [-0.3, -0.25) is 0 Å². The Morgan fingerprint density at radius 1 is 1.11 bits per heavy atom. The largest absolute Gasteiger partial charge is 0.397 e. The molecular formula is C16H21N3. The highest BCUT2D eigenvalue weighted by atomic mass is 15.1. The van der Waals surface area contributed by atoms with Crippen LogP contribution in [0.25, 0.3) is 0 Å². The molecular weight excluding hydrogens is 234 g/mol. The molecule has 0 aliphatic carbocycles. The summed E-state index contributed by atoms with van der Waals surface area (Å²) in [6.07, 6.45) is 0. The fourth-order valence-corrected chi connectivity index (χ4v) is 2.15. The fraction of sp³-hybridized carbons (Fsp3) is 0.250. The Morgan fingerprint density at radius 2 is 1.84 bits per heavy atom. The van der Waals surface area contributed by atoms with E-state index in [2.05, 4.69) is 53.5 Å². The lowest BCUT2D eigenvalue weighted by molar-refractivity contribution is 0.832. The van der Waals surface area contributed by atoms with Crippen molar-refractivity contribution in [1.29, 1.82) is 0 Å². The van der Waals surface area contributed by atoms with E-state index < -0.39 is 0 Å².